The second-order valence-corrected chi connectivity index (χ2v) is 3.59. The zero-order valence-electron chi connectivity index (χ0n) is 6.50. The molecule has 0 aliphatic heterocycles. The molecule has 0 unspecified atom stereocenters. The summed E-state index contributed by atoms with van der Waals surface area (Å²) in [6.07, 6.45) is -0.417. The normalized spacial score (nSPS) is 13.1. The predicted molar refractivity (Wildman–Crippen MR) is 52.3 cm³/mol. The molecule has 1 heterocycles. The fourth-order valence-corrected chi connectivity index (χ4v) is 1.52. The molecule has 11 heavy (non-hydrogen) atoms. The van der Waals surface area contributed by atoms with Crippen molar-refractivity contribution in [3.63, 3.8) is 0 Å². The maximum Gasteiger partial charge on any atom is 0.101 e. The lowest BCUT2D eigenvalue weighted by atomic mass is 10.1. The van der Waals surface area contributed by atoms with Crippen molar-refractivity contribution in [2.75, 3.05) is 0 Å². The first-order valence-corrected chi connectivity index (χ1v) is 4.50. The molecule has 0 saturated carbocycles. The molecular formula is C8H10INO. The van der Waals surface area contributed by atoms with E-state index < -0.39 is 6.10 Å². The number of hydrogen-bond donors (Lipinski definition) is 1. The predicted octanol–water partition coefficient (Wildman–Crippen LogP) is 2.05. The van der Waals surface area contributed by atoms with Gasteiger partial charge in [-0.05, 0) is 42.5 Å². The third kappa shape index (κ3) is 2.13. The number of nitrogens with zero attached hydrogens (tertiary/aromatic N) is 1. The Morgan fingerprint density at radius 3 is 2.64 bits per heavy atom. The van der Waals surface area contributed by atoms with E-state index in [4.69, 9.17) is 0 Å². The Labute approximate surface area is 79.8 Å². The van der Waals surface area contributed by atoms with Gasteiger partial charge >= 0.3 is 0 Å². The highest BCUT2D eigenvalue weighted by Gasteiger charge is 2.04. The fourth-order valence-electron chi connectivity index (χ4n) is 0.983. The molecule has 1 N–H and O–H groups in total. The quantitative estimate of drug-likeness (QED) is 0.621. The van der Waals surface area contributed by atoms with E-state index in [0.717, 1.165) is 15.0 Å². The fraction of sp³-hybridized carbons (Fsp3) is 0.375. The van der Waals surface area contributed by atoms with Gasteiger partial charge in [0.2, 0.25) is 0 Å². The highest BCUT2D eigenvalue weighted by Crippen LogP contribution is 2.15. The van der Waals surface area contributed by atoms with Crippen LogP contribution in [0.3, 0.4) is 0 Å². The molecule has 0 saturated heterocycles. The number of aryl methyl sites for hydroxylation is 1. The standard InChI is InChI=1S/C8H10INO/c1-5-7(6(2)11)3-4-8(9)10-5/h3-4,6,11H,1-2H3/t6-/m1/s1. The Balaban J connectivity index is 3.09. The largest absolute Gasteiger partial charge is 0.389 e. The number of pyridine rings is 1. The Kier molecular flexibility index (Phi) is 2.84. The van der Waals surface area contributed by atoms with Gasteiger partial charge in [-0.15, -0.1) is 0 Å². The SMILES string of the molecule is Cc1nc(I)ccc1[C@@H](C)O. The number of aliphatic hydroxyl groups excluding tert-OH is 1. The lowest BCUT2D eigenvalue weighted by Gasteiger charge is -2.06. The van der Waals surface area contributed by atoms with E-state index in [2.05, 4.69) is 27.6 Å². The molecule has 60 valence electrons. The first-order chi connectivity index (χ1) is 5.11. The van der Waals surface area contributed by atoms with Gasteiger partial charge in [0.25, 0.3) is 0 Å². The molecule has 1 aromatic rings. The number of rotatable bonds is 1. The van der Waals surface area contributed by atoms with Crippen LogP contribution in [0.25, 0.3) is 0 Å². The Bertz CT molecular complexity index is 260. The average molecular weight is 263 g/mol. The van der Waals surface area contributed by atoms with Crippen molar-refractivity contribution in [3.05, 3.63) is 27.1 Å². The third-order valence-corrected chi connectivity index (χ3v) is 2.14. The first-order valence-electron chi connectivity index (χ1n) is 3.42. The molecule has 2 nitrogen and oxygen atoms in total. The van der Waals surface area contributed by atoms with E-state index in [0.29, 0.717) is 0 Å². The molecule has 0 fully saturated rings. The molecule has 0 radical (unpaired) electrons. The van der Waals surface area contributed by atoms with Crippen LogP contribution in [0.2, 0.25) is 0 Å². The van der Waals surface area contributed by atoms with Gasteiger partial charge < -0.3 is 5.11 Å². The number of hydrogen-bond acceptors (Lipinski definition) is 2. The molecule has 0 spiro atoms. The first kappa shape index (κ1) is 8.93. The van der Waals surface area contributed by atoms with E-state index in [9.17, 15) is 5.11 Å². The van der Waals surface area contributed by atoms with Gasteiger partial charge in [-0.2, -0.15) is 0 Å². The topological polar surface area (TPSA) is 33.1 Å². The molecule has 0 aromatic carbocycles. The van der Waals surface area contributed by atoms with E-state index in [1.54, 1.807) is 6.92 Å². The molecule has 1 rings (SSSR count). The van der Waals surface area contributed by atoms with Crippen LogP contribution in [-0.4, -0.2) is 10.1 Å². The van der Waals surface area contributed by atoms with Gasteiger partial charge in [-0.3, -0.25) is 0 Å². The number of halogens is 1. The summed E-state index contributed by atoms with van der Waals surface area (Å²) in [7, 11) is 0. The van der Waals surface area contributed by atoms with Gasteiger partial charge in [0.15, 0.2) is 0 Å². The molecule has 3 heteroatoms. The third-order valence-electron chi connectivity index (χ3n) is 1.54. The molecule has 1 atom stereocenters. The minimum absolute atomic E-state index is 0.417. The number of aliphatic hydroxyl groups is 1. The van der Waals surface area contributed by atoms with Gasteiger partial charge in [0, 0.05) is 11.3 Å². The Morgan fingerprint density at radius 2 is 2.18 bits per heavy atom. The van der Waals surface area contributed by atoms with E-state index in [1.165, 1.54) is 0 Å². The Hall–Kier alpha value is -0.160. The highest BCUT2D eigenvalue weighted by atomic mass is 127. The lowest BCUT2D eigenvalue weighted by molar-refractivity contribution is 0.198. The van der Waals surface area contributed by atoms with Crippen LogP contribution in [0, 0.1) is 10.6 Å². The van der Waals surface area contributed by atoms with E-state index >= 15 is 0 Å². The molecular weight excluding hydrogens is 253 g/mol. The van der Waals surface area contributed by atoms with Gasteiger partial charge in [-0.1, -0.05) is 6.07 Å². The second-order valence-electron chi connectivity index (χ2n) is 2.48. The summed E-state index contributed by atoms with van der Waals surface area (Å²) in [5.74, 6) is 0. The molecule has 1 aromatic heterocycles. The summed E-state index contributed by atoms with van der Waals surface area (Å²) in [6.45, 7) is 3.65. The van der Waals surface area contributed by atoms with Gasteiger partial charge in [-0.25, -0.2) is 4.98 Å². The van der Waals surface area contributed by atoms with Crippen molar-refractivity contribution in [3.8, 4) is 0 Å². The second kappa shape index (κ2) is 3.49. The summed E-state index contributed by atoms with van der Waals surface area (Å²) >= 11 is 2.15. The van der Waals surface area contributed by atoms with E-state index in [1.807, 2.05) is 19.1 Å². The Morgan fingerprint density at radius 1 is 1.55 bits per heavy atom. The van der Waals surface area contributed by atoms with Crippen molar-refractivity contribution in [1.29, 1.82) is 0 Å². The van der Waals surface area contributed by atoms with Crippen molar-refractivity contribution in [2.45, 2.75) is 20.0 Å². The van der Waals surface area contributed by atoms with E-state index in [-0.39, 0.29) is 0 Å². The molecule has 0 amide bonds. The maximum absolute atomic E-state index is 9.25. The summed E-state index contributed by atoms with van der Waals surface area (Å²) in [6, 6.07) is 3.81. The van der Waals surface area contributed by atoms with Crippen molar-refractivity contribution >= 4 is 22.6 Å². The zero-order chi connectivity index (χ0) is 8.43. The van der Waals surface area contributed by atoms with Crippen LogP contribution in [0.4, 0.5) is 0 Å². The van der Waals surface area contributed by atoms with Crippen molar-refractivity contribution in [2.24, 2.45) is 0 Å². The van der Waals surface area contributed by atoms with Crippen LogP contribution in [0.5, 0.6) is 0 Å². The number of aromatic nitrogens is 1. The lowest BCUT2D eigenvalue weighted by Crippen LogP contribution is -1.97. The van der Waals surface area contributed by atoms with Crippen LogP contribution < -0.4 is 0 Å². The van der Waals surface area contributed by atoms with Crippen LogP contribution in [-0.2, 0) is 0 Å². The smallest absolute Gasteiger partial charge is 0.101 e. The minimum atomic E-state index is -0.417. The highest BCUT2D eigenvalue weighted by molar-refractivity contribution is 14.1. The maximum atomic E-state index is 9.25. The van der Waals surface area contributed by atoms with Crippen molar-refractivity contribution in [1.82, 2.24) is 4.98 Å². The minimum Gasteiger partial charge on any atom is -0.389 e. The van der Waals surface area contributed by atoms with Crippen LogP contribution in [0.1, 0.15) is 24.3 Å². The molecule has 0 aliphatic carbocycles. The van der Waals surface area contributed by atoms with Crippen LogP contribution in [0.15, 0.2) is 12.1 Å². The van der Waals surface area contributed by atoms with Gasteiger partial charge in [0.05, 0.1) is 6.10 Å². The summed E-state index contributed by atoms with van der Waals surface area (Å²) < 4.78 is 0.963. The summed E-state index contributed by atoms with van der Waals surface area (Å²) in [5.41, 5.74) is 1.82. The summed E-state index contributed by atoms with van der Waals surface area (Å²) in [5, 5.41) is 9.25. The molecule has 0 bridgehead atoms. The zero-order valence-corrected chi connectivity index (χ0v) is 8.66. The summed E-state index contributed by atoms with van der Waals surface area (Å²) in [4.78, 5) is 4.22. The van der Waals surface area contributed by atoms with Gasteiger partial charge in [0.1, 0.15) is 3.70 Å². The molecule has 0 aliphatic rings. The van der Waals surface area contributed by atoms with Crippen LogP contribution >= 0.6 is 22.6 Å². The monoisotopic (exact) mass is 263 g/mol. The average Bonchev–Trinajstić information content (AvgIpc) is 1.85. The van der Waals surface area contributed by atoms with Crippen molar-refractivity contribution < 1.29 is 5.11 Å².